The third-order valence-electron chi connectivity index (χ3n) is 5.91. The number of phenolic OH excluding ortho intramolecular Hbond substituents is 1. The highest BCUT2D eigenvalue weighted by Crippen LogP contribution is 2.40. The van der Waals surface area contributed by atoms with E-state index in [1.165, 1.54) is 0 Å². The number of aromatic hydroxyl groups is 1. The van der Waals surface area contributed by atoms with E-state index in [2.05, 4.69) is 5.32 Å². The average molecular weight is 436 g/mol. The van der Waals surface area contributed by atoms with E-state index < -0.39 is 0 Å². The number of hydrogen-bond acceptors (Lipinski definition) is 4. The highest BCUT2D eigenvalue weighted by atomic mass is 16.3. The number of nitrogens with one attached hydrogen (secondary N) is 2. The Hall–Kier alpha value is -3.15. The molecule has 0 aromatic heterocycles. The summed E-state index contributed by atoms with van der Waals surface area (Å²) in [6.45, 7) is 12.5. The maximum atomic E-state index is 13.3. The summed E-state index contributed by atoms with van der Waals surface area (Å²) in [7, 11) is 1.58. The maximum Gasteiger partial charge on any atom is 0.251 e. The van der Waals surface area contributed by atoms with Gasteiger partial charge in [0.1, 0.15) is 11.6 Å². The van der Waals surface area contributed by atoms with Gasteiger partial charge in [0.15, 0.2) is 5.78 Å². The minimum Gasteiger partial charge on any atom is -0.507 e. The molecular weight excluding hydrogens is 402 g/mol. The molecule has 1 heterocycles. The monoisotopic (exact) mass is 435 g/mol. The third-order valence-corrected chi connectivity index (χ3v) is 5.91. The van der Waals surface area contributed by atoms with Crippen molar-refractivity contribution in [1.29, 1.82) is 5.41 Å². The molecule has 3 rings (SSSR count). The molecule has 0 atom stereocenters. The van der Waals surface area contributed by atoms with Crippen molar-refractivity contribution in [3.05, 3.63) is 63.7 Å². The van der Waals surface area contributed by atoms with Gasteiger partial charge in [-0.15, -0.1) is 0 Å². The number of nitrogens with zero attached hydrogens (tertiary/aromatic N) is 1. The van der Waals surface area contributed by atoms with E-state index in [9.17, 15) is 14.7 Å². The fraction of sp³-hybridized carbons (Fsp3) is 0.423. The van der Waals surface area contributed by atoms with E-state index in [1.807, 2.05) is 41.5 Å². The van der Waals surface area contributed by atoms with Gasteiger partial charge in [-0.25, -0.2) is 0 Å². The number of benzene rings is 2. The standard InChI is InChI=1S/C26H33N3O3/c1-25(2,3)19-11-16(12-20(22(19)31)26(4,5)6)21(30)14-29-13-17-10-15(24(32)28-7)8-9-18(17)23(29)27/h8-12,27,31H,13-14H2,1-7H3,(H,28,32). The summed E-state index contributed by atoms with van der Waals surface area (Å²) >= 11 is 0. The van der Waals surface area contributed by atoms with Gasteiger partial charge < -0.3 is 15.3 Å². The Kier molecular flexibility index (Phi) is 5.94. The highest BCUT2D eigenvalue weighted by molar-refractivity contribution is 6.06. The van der Waals surface area contributed by atoms with Gasteiger partial charge in [-0.1, -0.05) is 47.6 Å². The summed E-state index contributed by atoms with van der Waals surface area (Å²) in [5.74, 6) is 0.236. The minimum absolute atomic E-state index is 0.0563. The van der Waals surface area contributed by atoms with E-state index in [4.69, 9.17) is 5.41 Å². The molecule has 32 heavy (non-hydrogen) atoms. The molecular formula is C26H33N3O3. The number of fused-ring (bicyclic) bond motifs is 1. The van der Waals surface area contributed by atoms with Crippen LogP contribution in [0, 0.1) is 5.41 Å². The van der Waals surface area contributed by atoms with Gasteiger partial charge in [-0.3, -0.25) is 15.0 Å². The lowest BCUT2D eigenvalue weighted by Crippen LogP contribution is -2.30. The van der Waals surface area contributed by atoms with E-state index in [-0.39, 0.29) is 40.7 Å². The van der Waals surface area contributed by atoms with E-state index in [0.29, 0.717) is 17.7 Å². The van der Waals surface area contributed by atoms with Crippen LogP contribution in [0.15, 0.2) is 30.3 Å². The van der Waals surface area contributed by atoms with Gasteiger partial charge in [-0.2, -0.15) is 0 Å². The first kappa shape index (κ1) is 23.5. The average Bonchev–Trinajstić information content (AvgIpc) is 3.00. The maximum absolute atomic E-state index is 13.3. The summed E-state index contributed by atoms with van der Waals surface area (Å²) < 4.78 is 0. The summed E-state index contributed by atoms with van der Waals surface area (Å²) in [6.07, 6.45) is 0. The van der Waals surface area contributed by atoms with E-state index in [0.717, 1.165) is 22.3 Å². The van der Waals surface area contributed by atoms with Crippen LogP contribution >= 0.6 is 0 Å². The molecule has 0 aliphatic carbocycles. The normalized spacial score (nSPS) is 13.8. The Morgan fingerprint density at radius 1 is 1.00 bits per heavy atom. The van der Waals surface area contributed by atoms with Crippen LogP contribution in [-0.4, -0.2) is 41.1 Å². The molecule has 3 N–H and O–H groups in total. The van der Waals surface area contributed by atoms with Gasteiger partial charge in [0.25, 0.3) is 5.91 Å². The van der Waals surface area contributed by atoms with Crippen molar-refractivity contribution in [3.63, 3.8) is 0 Å². The first-order valence-electron chi connectivity index (χ1n) is 10.8. The molecule has 2 aromatic carbocycles. The summed E-state index contributed by atoms with van der Waals surface area (Å²) in [4.78, 5) is 27.0. The van der Waals surface area contributed by atoms with Gasteiger partial charge >= 0.3 is 0 Å². The second-order valence-corrected chi connectivity index (χ2v) is 10.5. The predicted molar refractivity (Wildman–Crippen MR) is 127 cm³/mol. The molecule has 0 fully saturated rings. The van der Waals surface area contributed by atoms with E-state index >= 15 is 0 Å². The smallest absolute Gasteiger partial charge is 0.251 e. The summed E-state index contributed by atoms with van der Waals surface area (Å²) in [6, 6.07) is 8.81. The van der Waals surface area contributed by atoms with E-state index in [1.54, 1.807) is 42.3 Å². The molecule has 6 nitrogen and oxygen atoms in total. The molecule has 0 saturated heterocycles. The molecule has 0 saturated carbocycles. The van der Waals surface area contributed by atoms with Crippen molar-refractivity contribution in [2.75, 3.05) is 13.6 Å². The number of carbonyl (C=O) groups is 2. The lowest BCUT2D eigenvalue weighted by molar-refractivity contribution is 0.0953. The van der Waals surface area contributed by atoms with Crippen molar-refractivity contribution < 1.29 is 14.7 Å². The summed E-state index contributed by atoms with van der Waals surface area (Å²) in [5.41, 5.74) is 3.50. The quantitative estimate of drug-likeness (QED) is 0.622. The van der Waals surface area contributed by atoms with Crippen LogP contribution in [0.4, 0.5) is 0 Å². The zero-order valence-corrected chi connectivity index (χ0v) is 20.0. The number of phenols is 1. The number of ketones is 1. The number of amidine groups is 1. The van der Waals surface area contributed by atoms with Crippen molar-refractivity contribution in [3.8, 4) is 5.75 Å². The number of amides is 1. The third kappa shape index (κ3) is 4.40. The van der Waals surface area contributed by atoms with Crippen LogP contribution in [0.5, 0.6) is 5.75 Å². The van der Waals surface area contributed by atoms with Crippen LogP contribution in [-0.2, 0) is 17.4 Å². The molecule has 2 aromatic rings. The first-order valence-corrected chi connectivity index (χ1v) is 10.8. The number of Topliss-reactive ketones (excluding diaryl/α,β-unsaturated/α-hetero) is 1. The zero-order chi connectivity index (χ0) is 24.0. The van der Waals surface area contributed by atoms with Crippen LogP contribution < -0.4 is 5.32 Å². The van der Waals surface area contributed by atoms with Crippen molar-refractivity contribution in [2.45, 2.75) is 58.9 Å². The largest absolute Gasteiger partial charge is 0.507 e. The molecule has 0 spiro atoms. The molecule has 0 unspecified atom stereocenters. The van der Waals surface area contributed by atoms with Crippen molar-refractivity contribution >= 4 is 17.5 Å². The number of carbonyl (C=O) groups excluding carboxylic acids is 2. The predicted octanol–water partition coefficient (Wildman–Crippen LogP) is 4.37. The van der Waals surface area contributed by atoms with Gasteiger partial charge in [-0.05, 0) is 40.7 Å². The second kappa shape index (κ2) is 8.08. The van der Waals surface area contributed by atoms with Crippen LogP contribution in [0.25, 0.3) is 0 Å². The Balaban J connectivity index is 1.92. The molecule has 6 heteroatoms. The number of hydrogen-bond donors (Lipinski definition) is 3. The van der Waals surface area contributed by atoms with Gasteiger partial charge in [0.05, 0.1) is 6.54 Å². The molecule has 170 valence electrons. The van der Waals surface area contributed by atoms with Crippen molar-refractivity contribution in [2.24, 2.45) is 0 Å². The van der Waals surface area contributed by atoms with Crippen LogP contribution in [0.3, 0.4) is 0 Å². The minimum atomic E-state index is -0.326. The fourth-order valence-corrected chi connectivity index (χ4v) is 4.03. The fourth-order valence-electron chi connectivity index (χ4n) is 4.03. The van der Waals surface area contributed by atoms with Crippen LogP contribution in [0.1, 0.15) is 84.5 Å². The first-order chi connectivity index (χ1) is 14.7. The Morgan fingerprint density at radius 3 is 2.06 bits per heavy atom. The topological polar surface area (TPSA) is 93.5 Å². The molecule has 0 bridgehead atoms. The Labute approximate surface area is 190 Å². The van der Waals surface area contributed by atoms with Crippen molar-refractivity contribution in [1.82, 2.24) is 10.2 Å². The lowest BCUT2D eigenvalue weighted by atomic mass is 9.78. The van der Waals surface area contributed by atoms with Crippen LogP contribution in [0.2, 0.25) is 0 Å². The second-order valence-electron chi connectivity index (χ2n) is 10.5. The Morgan fingerprint density at radius 2 is 1.56 bits per heavy atom. The Bertz CT molecular complexity index is 1070. The highest BCUT2D eigenvalue weighted by Gasteiger charge is 2.30. The number of rotatable bonds is 4. The molecule has 0 radical (unpaired) electrons. The molecule has 1 aliphatic heterocycles. The summed E-state index contributed by atoms with van der Waals surface area (Å²) in [5, 5.41) is 22.0. The lowest BCUT2D eigenvalue weighted by Gasteiger charge is -2.28. The SMILES string of the molecule is CNC(=O)c1ccc2c(c1)CN(CC(=O)c1cc(C(C)(C)C)c(O)c(C(C)(C)C)c1)C2=N. The van der Waals surface area contributed by atoms with Gasteiger partial charge in [0.2, 0.25) is 0 Å². The van der Waals surface area contributed by atoms with Gasteiger partial charge in [0, 0.05) is 41.4 Å². The molecule has 1 aliphatic rings. The zero-order valence-electron chi connectivity index (χ0n) is 20.0. The molecule has 1 amide bonds.